The van der Waals surface area contributed by atoms with E-state index >= 15 is 0 Å². The molecule has 0 atom stereocenters. The number of aryl methyl sites for hydroxylation is 1. The van der Waals surface area contributed by atoms with E-state index < -0.39 is 10.1 Å². The lowest BCUT2D eigenvalue weighted by Crippen LogP contribution is -1.88. The summed E-state index contributed by atoms with van der Waals surface area (Å²) in [5, 5.41) is 1.01. The van der Waals surface area contributed by atoms with E-state index in [1.54, 1.807) is 0 Å². The van der Waals surface area contributed by atoms with E-state index in [0.29, 0.717) is 6.26 Å². The maximum absolute atomic E-state index is 9.19. The molecule has 0 spiro atoms. The highest BCUT2D eigenvalue weighted by Gasteiger charge is 1.89. The van der Waals surface area contributed by atoms with Crippen LogP contribution in [-0.4, -0.2) is 24.6 Å². The van der Waals surface area contributed by atoms with E-state index in [1.165, 1.54) is 5.56 Å². The first kappa shape index (κ1) is 14.4. The fourth-order valence-electron chi connectivity index (χ4n) is 0.793. The Morgan fingerprint density at radius 3 is 2.07 bits per heavy atom. The molecule has 6 heteroatoms. The second kappa shape index (κ2) is 6.81. The van der Waals surface area contributed by atoms with Crippen LogP contribution in [0.25, 0.3) is 0 Å². The molecule has 3 N–H and O–H groups in total. The molecular weight excluding hydrogens is 282 g/mol. The van der Waals surface area contributed by atoms with Crippen LogP contribution in [0.5, 0.6) is 0 Å². The number of benzene rings is 1. The highest BCUT2D eigenvalue weighted by atomic mass is 79.9. The van der Waals surface area contributed by atoms with Crippen molar-refractivity contribution in [2.24, 2.45) is 0 Å². The molecule has 0 aliphatic rings. The minimum absolute atomic E-state index is 0.715. The molecular formula is C9H14BrNO3S. The van der Waals surface area contributed by atoms with E-state index in [9.17, 15) is 8.42 Å². The lowest BCUT2D eigenvalue weighted by molar-refractivity contribution is 0.490. The van der Waals surface area contributed by atoms with Crippen molar-refractivity contribution in [2.45, 2.75) is 6.42 Å². The molecule has 0 aromatic heterocycles. The number of halogens is 1. The topological polar surface area (TPSA) is 80.4 Å². The molecule has 0 saturated carbocycles. The van der Waals surface area contributed by atoms with Crippen LogP contribution in [0.3, 0.4) is 0 Å². The van der Waals surface area contributed by atoms with Gasteiger partial charge in [-0.3, -0.25) is 4.55 Å². The van der Waals surface area contributed by atoms with Crippen LogP contribution < -0.4 is 5.73 Å². The molecule has 0 unspecified atom stereocenters. The number of hydrogen-bond donors (Lipinski definition) is 2. The number of alkyl halides is 1. The van der Waals surface area contributed by atoms with Crippen LogP contribution in [0.1, 0.15) is 5.56 Å². The maximum Gasteiger partial charge on any atom is 0.261 e. The fraction of sp³-hybridized carbons (Fsp3) is 0.333. The molecule has 1 aromatic rings. The van der Waals surface area contributed by atoms with E-state index in [-0.39, 0.29) is 0 Å². The van der Waals surface area contributed by atoms with Gasteiger partial charge in [-0.05, 0) is 24.1 Å². The monoisotopic (exact) mass is 295 g/mol. The summed E-state index contributed by atoms with van der Waals surface area (Å²) in [6, 6.07) is 7.96. The standard InChI is InChI=1S/C8H10BrN.CH4O3S/c9-6-5-7-1-3-8(10)4-2-7;1-5(2,3)4/h1-4H,5-6,10H2;1H3,(H,2,3,4). The average molecular weight is 296 g/mol. The van der Waals surface area contributed by atoms with Gasteiger partial charge in [0.25, 0.3) is 10.1 Å². The zero-order valence-corrected chi connectivity index (χ0v) is 10.8. The van der Waals surface area contributed by atoms with E-state index in [0.717, 1.165) is 17.4 Å². The summed E-state index contributed by atoms with van der Waals surface area (Å²) < 4.78 is 25.9. The van der Waals surface area contributed by atoms with Gasteiger partial charge in [0.2, 0.25) is 0 Å². The summed E-state index contributed by atoms with van der Waals surface area (Å²) in [6.45, 7) is 0. The third-order valence-electron chi connectivity index (χ3n) is 1.36. The largest absolute Gasteiger partial charge is 0.399 e. The minimum Gasteiger partial charge on any atom is -0.399 e. The van der Waals surface area contributed by atoms with Crippen molar-refractivity contribution in [1.82, 2.24) is 0 Å². The predicted octanol–water partition coefficient (Wildman–Crippen LogP) is 1.71. The molecule has 0 saturated heterocycles. The molecule has 0 aliphatic carbocycles. The molecule has 0 fully saturated rings. The Hall–Kier alpha value is -0.590. The van der Waals surface area contributed by atoms with Gasteiger partial charge in [0.15, 0.2) is 0 Å². The lowest BCUT2D eigenvalue weighted by Gasteiger charge is -1.96. The zero-order valence-electron chi connectivity index (χ0n) is 8.35. The third kappa shape index (κ3) is 11.3. The molecule has 0 aliphatic heterocycles. The van der Waals surface area contributed by atoms with Crippen LogP contribution in [-0.2, 0) is 16.5 Å². The number of rotatable bonds is 2. The SMILES string of the molecule is CS(=O)(=O)O.Nc1ccc(CCBr)cc1. The Kier molecular flexibility index (Phi) is 6.55. The Labute approximate surface area is 98.4 Å². The van der Waals surface area contributed by atoms with Crippen LogP contribution in [0.4, 0.5) is 5.69 Å². The maximum atomic E-state index is 9.19. The first-order valence-electron chi connectivity index (χ1n) is 4.16. The zero-order chi connectivity index (χ0) is 11.9. The fourth-order valence-corrected chi connectivity index (χ4v) is 1.25. The van der Waals surface area contributed by atoms with Gasteiger partial charge in [0.05, 0.1) is 6.26 Å². The van der Waals surface area contributed by atoms with Crippen LogP contribution >= 0.6 is 15.9 Å². The predicted molar refractivity (Wildman–Crippen MR) is 65.8 cm³/mol. The van der Waals surface area contributed by atoms with Crippen molar-refractivity contribution in [3.05, 3.63) is 29.8 Å². The van der Waals surface area contributed by atoms with Gasteiger partial charge in [-0.15, -0.1) is 0 Å². The van der Waals surface area contributed by atoms with Crippen molar-refractivity contribution >= 4 is 31.7 Å². The lowest BCUT2D eigenvalue weighted by atomic mass is 10.2. The molecule has 15 heavy (non-hydrogen) atoms. The quantitative estimate of drug-likeness (QED) is 0.494. The van der Waals surface area contributed by atoms with Gasteiger partial charge >= 0.3 is 0 Å². The summed E-state index contributed by atoms with van der Waals surface area (Å²) in [7, 11) is -3.67. The molecule has 0 amide bonds. The summed E-state index contributed by atoms with van der Waals surface area (Å²) >= 11 is 3.37. The highest BCUT2D eigenvalue weighted by molar-refractivity contribution is 9.09. The average Bonchev–Trinajstić information content (AvgIpc) is 2.06. The van der Waals surface area contributed by atoms with Crippen molar-refractivity contribution in [1.29, 1.82) is 0 Å². The van der Waals surface area contributed by atoms with Gasteiger partial charge in [-0.2, -0.15) is 8.42 Å². The smallest absolute Gasteiger partial charge is 0.261 e. The number of anilines is 1. The molecule has 86 valence electrons. The van der Waals surface area contributed by atoms with Crippen LogP contribution in [0.15, 0.2) is 24.3 Å². The molecule has 0 heterocycles. The van der Waals surface area contributed by atoms with Gasteiger partial charge in [-0.25, -0.2) is 0 Å². The van der Waals surface area contributed by atoms with Crippen molar-refractivity contribution in [3.8, 4) is 0 Å². The highest BCUT2D eigenvalue weighted by Crippen LogP contribution is 2.06. The summed E-state index contributed by atoms with van der Waals surface area (Å²) in [6.07, 6.45) is 1.78. The number of nitrogens with two attached hydrogens (primary N) is 1. The second-order valence-electron chi connectivity index (χ2n) is 2.91. The molecule has 0 radical (unpaired) electrons. The van der Waals surface area contributed by atoms with Gasteiger partial charge < -0.3 is 5.73 Å². The molecule has 0 bridgehead atoms. The molecule has 1 aromatic carbocycles. The van der Waals surface area contributed by atoms with Crippen molar-refractivity contribution in [3.63, 3.8) is 0 Å². The Balaban J connectivity index is 0.000000336. The van der Waals surface area contributed by atoms with E-state index in [2.05, 4.69) is 28.1 Å². The third-order valence-corrected chi connectivity index (χ3v) is 1.76. The van der Waals surface area contributed by atoms with Crippen molar-refractivity contribution in [2.75, 3.05) is 17.3 Å². The minimum atomic E-state index is -3.67. The first-order valence-corrected chi connectivity index (χ1v) is 7.12. The first-order chi connectivity index (χ1) is 6.83. The molecule has 4 nitrogen and oxygen atoms in total. The van der Waals surface area contributed by atoms with E-state index in [4.69, 9.17) is 10.3 Å². The Morgan fingerprint density at radius 1 is 1.33 bits per heavy atom. The van der Waals surface area contributed by atoms with E-state index in [1.807, 2.05) is 12.1 Å². The number of hydrogen-bond acceptors (Lipinski definition) is 3. The van der Waals surface area contributed by atoms with Crippen LogP contribution in [0, 0.1) is 0 Å². The Bertz CT molecular complexity index is 367. The Morgan fingerprint density at radius 2 is 1.73 bits per heavy atom. The van der Waals surface area contributed by atoms with Gasteiger partial charge in [0, 0.05) is 11.0 Å². The normalized spacial score (nSPS) is 10.3. The summed E-state index contributed by atoms with van der Waals surface area (Å²) in [5.41, 5.74) is 7.67. The summed E-state index contributed by atoms with van der Waals surface area (Å²) in [5.74, 6) is 0. The van der Waals surface area contributed by atoms with Crippen LogP contribution in [0.2, 0.25) is 0 Å². The van der Waals surface area contributed by atoms with Crippen molar-refractivity contribution < 1.29 is 13.0 Å². The summed E-state index contributed by atoms with van der Waals surface area (Å²) in [4.78, 5) is 0. The van der Waals surface area contributed by atoms with Gasteiger partial charge in [-0.1, -0.05) is 28.1 Å². The number of nitrogen functional groups attached to an aromatic ring is 1. The second-order valence-corrected chi connectivity index (χ2v) is 5.17. The van der Waals surface area contributed by atoms with Gasteiger partial charge in [0.1, 0.15) is 0 Å². The molecule has 1 rings (SSSR count).